The van der Waals surface area contributed by atoms with E-state index in [1.165, 1.54) is 6.42 Å². The molecule has 0 saturated carbocycles. The van der Waals surface area contributed by atoms with Crippen LogP contribution in [0.4, 0.5) is 0 Å². The molecule has 1 saturated heterocycles. The molecular formula is C13H28N2O. The number of likely N-dealkylation sites (N-methyl/N-ethyl adjacent to an activating group) is 1. The van der Waals surface area contributed by atoms with E-state index in [-0.39, 0.29) is 11.2 Å². The van der Waals surface area contributed by atoms with Crippen LogP contribution in [0.5, 0.6) is 0 Å². The van der Waals surface area contributed by atoms with Crippen LogP contribution >= 0.6 is 0 Å². The Hall–Kier alpha value is -0.120. The molecule has 1 unspecified atom stereocenters. The van der Waals surface area contributed by atoms with Gasteiger partial charge in [-0.1, -0.05) is 0 Å². The van der Waals surface area contributed by atoms with E-state index in [1.807, 2.05) is 7.05 Å². The third kappa shape index (κ3) is 3.44. The summed E-state index contributed by atoms with van der Waals surface area (Å²) in [5.41, 5.74) is -0.0106. The Morgan fingerprint density at radius 2 is 1.94 bits per heavy atom. The van der Waals surface area contributed by atoms with Crippen molar-refractivity contribution in [3.63, 3.8) is 0 Å². The van der Waals surface area contributed by atoms with E-state index in [9.17, 15) is 0 Å². The van der Waals surface area contributed by atoms with Crippen molar-refractivity contribution >= 4 is 0 Å². The maximum absolute atomic E-state index is 6.12. The van der Waals surface area contributed by atoms with Gasteiger partial charge in [-0.2, -0.15) is 0 Å². The van der Waals surface area contributed by atoms with Gasteiger partial charge in [0, 0.05) is 6.04 Å². The molecule has 1 aliphatic heterocycles. The molecule has 1 rings (SSSR count). The summed E-state index contributed by atoms with van der Waals surface area (Å²) in [5, 5.41) is 3.19. The van der Waals surface area contributed by atoms with Gasteiger partial charge >= 0.3 is 0 Å². The van der Waals surface area contributed by atoms with Crippen molar-refractivity contribution in [1.82, 2.24) is 10.2 Å². The summed E-state index contributed by atoms with van der Waals surface area (Å²) in [6.07, 6.45) is 2.32. The van der Waals surface area contributed by atoms with Gasteiger partial charge in [-0.25, -0.2) is 0 Å². The SMILES string of the molecule is CNCCCN(C)C1CC(C)(C)OC1(C)C. The third-order valence-corrected chi connectivity index (χ3v) is 3.50. The Morgan fingerprint density at radius 1 is 1.31 bits per heavy atom. The fourth-order valence-corrected chi connectivity index (χ4v) is 2.88. The number of ether oxygens (including phenoxy) is 1. The van der Waals surface area contributed by atoms with Crippen molar-refractivity contribution in [2.24, 2.45) is 0 Å². The van der Waals surface area contributed by atoms with Crippen LogP contribution in [-0.4, -0.2) is 49.3 Å². The van der Waals surface area contributed by atoms with Gasteiger partial charge in [-0.3, -0.25) is 0 Å². The first-order valence-corrected chi connectivity index (χ1v) is 6.33. The van der Waals surface area contributed by atoms with E-state index < -0.39 is 0 Å². The fraction of sp³-hybridized carbons (Fsp3) is 1.00. The van der Waals surface area contributed by atoms with Gasteiger partial charge < -0.3 is 15.0 Å². The van der Waals surface area contributed by atoms with Crippen molar-refractivity contribution in [3.8, 4) is 0 Å². The summed E-state index contributed by atoms with van der Waals surface area (Å²) in [5.74, 6) is 0. The van der Waals surface area contributed by atoms with Gasteiger partial charge in [-0.15, -0.1) is 0 Å². The smallest absolute Gasteiger partial charge is 0.0789 e. The summed E-state index contributed by atoms with van der Waals surface area (Å²) in [7, 11) is 4.22. The second-order valence-electron chi connectivity index (χ2n) is 6.12. The lowest BCUT2D eigenvalue weighted by molar-refractivity contribution is -0.0786. The minimum atomic E-state index is -0.0299. The lowest BCUT2D eigenvalue weighted by Gasteiger charge is -2.33. The van der Waals surface area contributed by atoms with Crippen LogP contribution in [-0.2, 0) is 4.74 Å². The molecular weight excluding hydrogens is 200 g/mol. The summed E-state index contributed by atoms with van der Waals surface area (Å²) in [6.45, 7) is 11.0. The monoisotopic (exact) mass is 228 g/mol. The van der Waals surface area contributed by atoms with Crippen molar-refractivity contribution in [2.45, 2.75) is 57.8 Å². The molecule has 0 aromatic carbocycles. The molecule has 3 heteroatoms. The molecule has 1 heterocycles. The maximum atomic E-state index is 6.12. The number of rotatable bonds is 5. The van der Waals surface area contributed by atoms with E-state index in [4.69, 9.17) is 4.74 Å². The normalized spacial score (nSPS) is 27.6. The summed E-state index contributed by atoms with van der Waals surface area (Å²) in [6, 6.07) is 0.527. The molecule has 16 heavy (non-hydrogen) atoms. The highest BCUT2D eigenvalue weighted by Gasteiger charge is 2.47. The Labute approximate surface area is 101 Å². The Morgan fingerprint density at radius 3 is 2.38 bits per heavy atom. The van der Waals surface area contributed by atoms with Gasteiger partial charge in [-0.05, 0) is 67.7 Å². The summed E-state index contributed by atoms with van der Waals surface area (Å²) >= 11 is 0. The van der Waals surface area contributed by atoms with E-state index in [0.717, 1.165) is 19.5 Å². The van der Waals surface area contributed by atoms with E-state index in [2.05, 4.69) is 45.0 Å². The van der Waals surface area contributed by atoms with Crippen LogP contribution in [0.2, 0.25) is 0 Å². The second kappa shape index (κ2) is 5.03. The minimum Gasteiger partial charge on any atom is -0.368 e. The lowest BCUT2D eigenvalue weighted by atomic mass is 9.93. The Balaban J connectivity index is 2.52. The third-order valence-electron chi connectivity index (χ3n) is 3.50. The standard InChI is InChI=1S/C13H28N2O/c1-12(2)10-11(13(3,4)16-12)15(6)9-7-8-14-5/h11,14H,7-10H2,1-6H3. The maximum Gasteiger partial charge on any atom is 0.0789 e. The predicted octanol–water partition coefficient (Wildman–Crippen LogP) is 1.87. The molecule has 1 aliphatic rings. The van der Waals surface area contributed by atoms with E-state index >= 15 is 0 Å². The zero-order valence-electron chi connectivity index (χ0n) is 11.8. The van der Waals surface area contributed by atoms with E-state index in [0.29, 0.717) is 6.04 Å². The molecule has 1 N–H and O–H groups in total. The van der Waals surface area contributed by atoms with Crippen LogP contribution in [0.25, 0.3) is 0 Å². The van der Waals surface area contributed by atoms with Crippen molar-refractivity contribution in [2.75, 3.05) is 27.2 Å². The summed E-state index contributed by atoms with van der Waals surface area (Å²) < 4.78 is 6.12. The zero-order valence-corrected chi connectivity index (χ0v) is 11.8. The van der Waals surface area contributed by atoms with Crippen molar-refractivity contribution in [1.29, 1.82) is 0 Å². The summed E-state index contributed by atoms with van der Waals surface area (Å²) in [4.78, 5) is 2.45. The fourth-order valence-electron chi connectivity index (χ4n) is 2.88. The van der Waals surface area contributed by atoms with Gasteiger partial charge in [0.25, 0.3) is 0 Å². The molecule has 0 amide bonds. The molecule has 0 spiro atoms. The van der Waals surface area contributed by atoms with Gasteiger partial charge in [0.2, 0.25) is 0 Å². The molecule has 0 radical (unpaired) electrons. The lowest BCUT2D eigenvalue weighted by Crippen LogP contribution is -2.45. The minimum absolute atomic E-state index is 0.0193. The highest BCUT2D eigenvalue weighted by Crippen LogP contribution is 2.39. The van der Waals surface area contributed by atoms with Crippen LogP contribution in [0.15, 0.2) is 0 Å². The van der Waals surface area contributed by atoms with Crippen LogP contribution in [0, 0.1) is 0 Å². The average molecular weight is 228 g/mol. The largest absolute Gasteiger partial charge is 0.368 e. The molecule has 96 valence electrons. The first-order chi connectivity index (χ1) is 7.28. The van der Waals surface area contributed by atoms with Crippen molar-refractivity contribution in [3.05, 3.63) is 0 Å². The first kappa shape index (κ1) is 13.9. The van der Waals surface area contributed by atoms with E-state index in [1.54, 1.807) is 0 Å². The van der Waals surface area contributed by atoms with Gasteiger partial charge in [0.15, 0.2) is 0 Å². The Kier molecular flexibility index (Phi) is 4.38. The number of nitrogens with one attached hydrogen (secondary N) is 1. The molecule has 0 aliphatic carbocycles. The molecule has 1 fully saturated rings. The molecule has 0 bridgehead atoms. The first-order valence-electron chi connectivity index (χ1n) is 6.33. The molecule has 0 aromatic rings. The molecule has 0 aromatic heterocycles. The Bertz CT molecular complexity index is 226. The zero-order chi connectivity index (χ0) is 12.4. The molecule has 3 nitrogen and oxygen atoms in total. The quantitative estimate of drug-likeness (QED) is 0.727. The highest BCUT2D eigenvalue weighted by atomic mass is 16.5. The number of nitrogens with zero attached hydrogens (tertiary/aromatic N) is 1. The average Bonchev–Trinajstić information content (AvgIpc) is 2.34. The molecule has 1 atom stereocenters. The van der Waals surface area contributed by atoms with Gasteiger partial charge in [0.1, 0.15) is 0 Å². The van der Waals surface area contributed by atoms with Crippen LogP contribution in [0.1, 0.15) is 40.5 Å². The van der Waals surface area contributed by atoms with Crippen LogP contribution < -0.4 is 5.32 Å². The number of hydrogen-bond donors (Lipinski definition) is 1. The topological polar surface area (TPSA) is 24.5 Å². The number of hydrogen-bond acceptors (Lipinski definition) is 3. The van der Waals surface area contributed by atoms with Crippen LogP contribution in [0.3, 0.4) is 0 Å². The highest BCUT2D eigenvalue weighted by molar-refractivity contribution is 4.99. The predicted molar refractivity (Wildman–Crippen MR) is 68.8 cm³/mol. The van der Waals surface area contributed by atoms with Gasteiger partial charge in [0.05, 0.1) is 11.2 Å². The van der Waals surface area contributed by atoms with Crippen molar-refractivity contribution < 1.29 is 4.74 Å². The second-order valence-corrected chi connectivity index (χ2v) is 6.12.